The average molecular weight is 195 g/mol. The highest BCUT2D eigenvalue weighted by atomic mass is 15.3. The fraction of sp³-hybridized carbons (Fsp3) is 0. The number of benzene rings is 1. The number of hydrogen-bond donors (Lipinski definition) is 0. The predicted octanol–water partition coefficient (Wildman–Crippen LogP) is 2.42. The quantitative estimate of drug-likeness (QED) is 0.597. The minimum atomic E-state index is 0.873. The van der Waals surface area contributed by atoms with Crippen molar-refractivity contribution in [1.29, 1.82) is 0 Å². The van der Waals surface area contributed by atoms with Crippen LogP contribution in [0.5, 0.6) is 0 Å². The lowest BCUT2D eigenvalue weighted by molar-refractivity contribution is 0.856. The zero-order chi connectivity index (χ0) is 10.1. The standard InChI is InChI=1S/C12H9N3/c1-2-5-11-10(4-1)6-8-13-12(11)15-9-3-7-14-15/h1-9H. The van der Waals surface area contributed by atoms with Crippen molar-refractivity contribution in [2.24, 2.45) is 0 Å². The third kappa shape index (κ3) is 1.29. The van der Waals surface area contributed by atoms with Crippen LogP contribution in [0.3, 0.4) is 0 Å². The van der Waals surface area contributed by atoms with Gasteiger partial charge in [0, 0.05) is 24.0 Å². The Kier molecular flexibility index (Phi) is 1.75. The third-order valence-corrected chi connectivity index (χ3v) is 2.37. The molecule has 0 atom stereocenters. The van der Waals surface area contributed by atoms with Crippen molar-refractivity contribution in [3.63, 3.8) is 0 Å². The average Bonchev–Trinajstić information content (AvgIpc) is 2.82. The number of pyridine rings is 1. The summed E-state index contributed by atoms with van der Waals surface area (Å²) in [6.45, 7) is 0. The molecule has 0 radical (unpaired) electrons. The highest BCUT2D eigenvalue weighted by molar-refractivity contribution is 5.88. The molecule has 3 aromatic rings. The smallest absolute Gasteiger partial charge is 0.161 e. The highest BCUT2D eigenvalue weighted by Gasteiger charge is 2.02. The van der Waals surface area contributed by atoms with Crippen molar-refractivity contribution in [1.82, 2.24) is 14.8 Å². The van der Waals surface area contributed by atoms with Gasteiger partial charge in [0.2, 0.25) is 0 Å². The topological polar surface area (TPSA) is 30.7 Å². The molecule has 3 nitrogen and oxygen atoms in total. The first-order valence-electron chi connectivity index (χ1n) is 4.79. The number of hydrogen-bond acceptors (Lipinski definition) is 2. The van der Waals surface area contributed by atoms with Crippen LogP contribution >= 0.6 is 0 Å². The lowest BCUT2D eigenvalue weighted by Crippen LogP contribution is -1.98. The Hall–Kier alpha value is -2.16. The number of nitrogens with zero attached hydrogens (tertiary/aromatic N) is 3. The Labute approximate surface area is 87.0 Å². The Morgan fingerprint density at radius 2 is 1.87 bits per heavy atom. The van der Waals surface area contributed by atoms with Gasteiger partial charge in [0.25, 0.3) is 0 Å². The van der Waals surface area contributed by atoms with Crippen molar-refractivity contribution in [2.45, 2.75) is 0 Å². The summed E-state index contributed by atoms with van der Waals surface area (Å²) >= 11 is 0. The van der Waals surface area contributed by atoms with Crippen molar-refractivity contribution in [3.05, 3.63) is 55.0 Å². The Bertz CT molecular complexity index is 579. The van der Waals surface area contributed by atoms with Crippen LogP contribution in [0.1, 0.15) is 0 Å². The van der Waals surface area contributed by atoms with Crippen LogP contribution in [0.25, 0.3) is 16.6 Å². The zero-order valence-corrected chi connectivity index (χ0v) is 8.04. The Morgan fingerprint density at radius 3 is 2.73 bits per heavy atom. The number of aromatic nitrogens is 3. The molecule has 0 fully saturated rings. The molecule has 0 N–H and O–H groups in total. The van der Waals surface area contributed by atoms with E-state index in [0.29, 0.717) is 0 Å². The van der Waals surface area contributed by atoms with Crippen LogP contribution in [-0.2, 0) is 0 Å². The van der Waals surface area contributed by atoms with Gasteiger partial charge in [0.05, 0.1) is 0 Å². The molecule has 3 rings (SSSR count). The van der Waals surface area contributed by atoms with E-state index in [0.717, 1.165) is 11.2 Å². The van der Waals surface area contributed by atoms with Gasteiger partial charge >= 0.3 is 0 Å². The fourth-order valence-electron chi connectivity index (χ4n) is 1.68. The molecule has 3 heteroatoms. The zero-order valence-electron chi connectivity index (χ0n) is 8.04. The first-order valence-corrected chi connectivity index (χ1v) is 4.79. The van der Waals surface area contributed by atoms with Gasteiger partial charge in [-0.15, -0.1) is 0 Å². The molecule has 0 amide bonds. The van der Waals surface area contributed by atoms with E-state index in [2.05, 4.69) is 22.2 Å². The van der Waals surface area contributed by atoms with Gasteiger partial charge in [-0.1, -0.05) is 24.3 Å². The molecule has 72 valence electrons. The minimum absolute atomic E-state index is 0.873. The molecule has 0 aliphatic rings. The van der Waals surface area contributed by atoms with Crippen LogP contribution in [-0.4, -0.2) is 14.8 Å². The second kappa shape index (κ2) is 3.20. The number of rotatable bonds is 1. The first-order chi connectivity index (χ1) is 7.45. The summed E-state index contributed by atoms with van der Waals surface area (Å²) in [6, 6.07) is 12.1. The maximum Gasteiger partial charge on any atom is 0.161 e. The second-order valence-corrected chi connectivity index (χ2v) is 3.31. The van der Waals surface area contributed by atoms with Crippen LogP contribution in [0.15, 0.2) is 55.0 Å². The SMILES string of the molecule is c1ccc2c(-n3cccn3)nccc2c1. The Morgan fingerprint density at radius 1 is 0.933 bits per heavy atom. The molecule has 15 heavy (non-hydrogen) atoms. The summed E-state index contributed by atoms with van der Waals surface area (Å²) in [4.78, 5) is 4.35. The van der Waals surface area contributed by atoms with Crippen molar-refractivity contribution in [2.75, 3.05) is 0 Å². The van der Waals surface area contributed by atoms with Gasteiger partial charge < -0.3 is 0 Å². The van der Waals surface area contributed by atoms with E-state index >= 15 is 0 Å². The molecule has 0 unspecified atom stereocenters. The summed E-state index contributed by atoms with van der Waals surface area (Å²) in [7, 11) is 0. The van der Waals surface area contributed by atoms with Crippen molar-refractivity contribution >= 4 is 10.8 Å². The number of fused-ring (bicyclic) bond motifs is 1. The molecular weight excluding hydrogens is 186 g/mol. The summed E-state index contributed by atoms with van der Waals surface area (Å²) in [5, 5.41) is 6.48. The largest absolute Gasteiger partial charge is 0.237 e. The van der Waals surface area contributed by atoms with Crippen LogP contribution in [0.4, 0.5) is 0 Å². The van der Waals surface area contributed by atoms with Crippen LogP contribution in [0.2, 0.25) is 0 Å². The molecular formula is C12H9N3. The molecule has 0 aliphatic heterocycles. The van der Waals surface area contributed by atoms with Crippen molar-refractivity contribution < 1.29 is 0 Å². The molecule has 0 saturated carbocycles. The van der Waals surface area contributed by atoms with E-state index in [-0.39, 0.29) is 0 Å². The van der Waals surface area contributed by atoms with Gasteiger partial charge in [-0.2, -0.15) is 5.10 Å². The van der Waals surface area contributed by atoms with Gasteiger partial charge in [0.15, 0.2) is 5.82 Å². The maximum atomic E-state index is 4.35. The van der Waals surface area contributed by atoms with Crippen LogP contribution in [0, 0.1) is 0 Å². The predicted molar refractivity (Wildman–Crippen MR) is 58.9 cm³/mol. The van der Waals surface area contributed by atoms with Gasteiger partial charge in [0.1, 0.15) is 0 Å². The molecule has 2 aromatic heterocycles. The fourth-order valence-corrected chi connectivity index (χ4v) is 1.68. The highest BCUT2D eigenvalue weighted by Crippen LogP contribution is 2.18. The van der Waals surface area contributed by atoms with Crippen molar-refractivity contribution in [3.8, 4) is 5.82 Å². The maximum absolute atomic E-state index is 4.35. The normalized spacial score (nSPS) is 10.7. The summed E-state index contributed by atoms with van der Waals surface area (Å²) in [5.74, 6) is 0.873. The Balaban J connectivity index is 2.36. The second-order valence-electron chi connectivity index (χ2n) is 3.31. The van der Waals surface area contributed by atoms with E-state index in [9.17, 15) is 0 Å². The van der Waals surface area contributed by atoms with Gasteiger partial charge in [-0.05, 0) is 17.5 Å². The first kappa shape index (κ1) is 8.17. The minimum Gasteiger partial charge on any atom is -0.237 e. The monoisotopic (exact) mass is 195 g/mol. The summed E-state index contributed by atoms with van der Waals surface area (Å²) < 4.78 is 1.78. The van der Waals surface area contributed by atoms with E-state index in [4.69, 9.17) is 0 Å². The molecule has 2 heterocycles. The van der Waals surface area contributed by atoms with E-state index in [1.165, 1.54) is 5.39 Å². The lowest BCUT2D eigenvalue weighted by atomic mass is 10.2. The molecule has 0 spiro atoms. The van der Waals surface area contributed by atoms with E-state index in [1.807, 2.05) is 30.5 Å². The third-order valence-electron chi connectivity index (χ3n) is 2.37. The molecule has 0 aliphatic carbocycles. The summed E-state index contributed by atoms with van der Waals surface area (Å²) in [5.41, 5.74) is 0. The van der Waals surface area contributed by atoms with Gasteiger partial charge in [-0.25, -0.2) is 9.67 Å². The van der Waals surface area contributed by atoms with E-state index < -0.39 is 0 Å². The molecule has 0 saturated heterocycles. The summed E-state index contributed by atoms with van der Waals surface area (Å²) in [6.07, 6.45) is 5.46. The lowest BCUT2D eigenvalue weighted by Gasteiger charge is -2.04. The molecule has 0 bridgehead atoms. The van der Waals surface area contributed by atoms with E-state index in [1.54, 1.807) is 17.1 Å². The van der Waals surface area contributed by atoms with Gasteiger partial charge in [-0.3, -0.25) is 0 Å². The molecule has 1 aromatic carbocycles. The van der Waals surface area contributed by atoms with Crippen LogP contribution < -0.4 is 0 Å².